The highest BCUT2D eigenvalue weighted by molar-refractivity contribution is 8.44. The quantitative estimate of drug-likeness (QED) is 0.0222. The summed E-state index contributed by atoms with van der Waals surface area (Å²) in [5.74, 6) is -4.92. The average molecular weight is 1320 g/mol. The third kappa shape index (κ3) is 16.0. The van der Waals surface area contributed by atoms with E-state index in [0.29, 0.717) is 30.5 Å². The van der Waals surface area contributed by atoms with E-state index in [1.54, 1.807) is 45.0 Å². The molecule has 2 saturated heterocycles. The van der Waals surface area contributed by atoms with E-state index in [0.717, 1.165) is 33.2 Å². The van der Waals surface area contributed by atoms with Gasteiger partial charge in [-0.05, 0) is 54.7 Å². The standard InChI is InChI=1S/C53H64F2N12O18P2S2/c1-27(2)41(62-36(69)8-6-5-7-15-65-37(70)13-14-38(65)71)34(68)18-28(3)49(73)61-31-11-9-29(10-12-31)21-80-53(76)64(4)16-17-79-52(75)63-46-42-48(58-24-56-46)67(26-60-42)33-19-30-22-81-86(77,88)85-45-43(72)35(23-82-87(78,89)84-44(30)40(33)55)83-51(45)66-20-32(54)39-47(66)57-25-59-50(39)74/h9-14,20,24-28,30,33,35,40-41,43-45,51,72H,5-8,15-19,21-23H2,1-4H3,(H,61,73)(H,62,69)(H,77,88)(H,78,89)(H,57,59,74)(H,56,58,63,75)/t28-,30-,33-,35-,40+,41+,43-,44-,45-,51-,86?,87?/m1/s1. The van der Waals surface area contributed by atoms with Crippen LogP contribution in [0.4, 0.5) is 29.9 Å². The number of imide groups is 1. The number of halogens is 2. The number of imidazole rings is 1. The second-order valence-corrected chi connectivity index (χ2v) is 27.5. The zero-order chi connectivity index (χ0) is 64.1. The molecule has 7 heterocycles. The number of benzene rings is 1. The Labute approximate surface area is 515 Å². The van der Waals surface area contributed by atoms with Gasteiger partial charge in [0.15, 0.2) is 40.5 Å². The lowest BCUT2D eigenvalue weighted by Gasteiger charge is -2.28. The molecule has 2 bridgehead atoms. The number of aliphatic hydroxyl groups is 1. The number of Topliss-reactive ketones (excluding diaryl/α,β-unsaturated/α-hetero) is 1. The molecule has 2 unspecified atom stereocenters. The minimum atomic E-state index is -4.53. The Kier molecular flexibility index (Phi) is 21.3. The fraction of sp³-hybridized carbons (Fsp3) is 0.509. The van der Waals surface area contributed by atoms with E-state index in [2.05, 4.69) is 53.1 Å². The number of aromatic amines is 1. The Hall–Kier alpha value is -6.97. The Morgan fingerprint density at radius 2 is 1.69 bits per heavy atom. The molecule has 480 valence electrons. The van der Waals surface area contributed by atoms with Crippen LogP contribution in [0, 0.1) is 23.6 Å². The van der Waals surface area contributed by atoms with Crippen LogP contribution in [0.25, 0.3) is 22.2 Å². The lowest BCUT2D eigenvalue weighted by Crippen LogP contribution is -2.45. The lowest BCUT2D eigenvalue weighted by molar-refractivity contribution is -0.137. The van der Waals surface area contributed by atoms with Crippen LogP contribution >= 0.6 is 25.8 Å². The van der Waals surface area contributed by atoms with Crippen LogP contribution in [0.5, 0.6) is 0 Å². The maximum absolute atomic E-state index is 16.8. The molecule has 5 aromatic rings. The van der Waals surface area contributed by atoms with Crippen molar-refractivity contribution < 1.29 is 89.2 Å². The number of carbonyl (C=O) groups excluding carboxylic acids is 7. The van der Waals surface area contributed by atoms with Gasteiger partial charge in [0.2, 0.25) is 11.8 Å². The number of thiol groups is 1. The van der Waals surface area contributed by atoms with Crippen molar-refractivity contribution in [2.75, 3.05) is 50.6 Å². The van der Waals surface area contributed by atoms with Gasteiger partial charge in [0.1, 0.15) is 55.5 Å². The Balaban J connectivity index is 0.716. The van der Waals surface area contributed by atoms with Crippen molar-refractivity contribution in [3.8, 4) is 0 Å². The Bertz CT molecular complexity index is 3670. The summed E-state index contributed by atoms with van der Waals surface area (Å²) in [6.45, 7) is -5.34. The zero-order valence-corrected chi connectivity index (χ0v) is 51.6. The largest absolute Gasteiger partial charge is 0.447 e. The number of ether oxygens (including phenoxy) is 3. The highest BCUT2D eigenvalue weighted by Crippen LogP contribution is 2.59. The van der Waals surface area contributed by atoms with E-state index in [-0.39, 0.29) is 97.6 Å². The number of nitrogens with zero attached hydrogens (tertiary/aromatic N) is 8. The van der Waals surface area contributed by atoms with Gasteiger partial charge in [-0.3, -0.25) is 52.6 Å². The number of hydrogen-bond acceptors (Lipinski definition) is 22. The SMILES string of the molecule is CC(C)[C@H](NC(=O)CCCCCN1C(=O)C=CC1=O)C(=O)C[C@@H](C)C(=O)Nc1ccc(COC(=O)N(C)CCOC(=O)Nc2ncnc3c2ncn3[C@@H]2C[C@@H]3COP(O)(=S)O[C@@H]4[C@H](O)[C@@H](COP(=O)(S)O[C@H]3[C@H]2F)O[C@H]4n2cc(F)c3c(=O)[nH]cnc32)cc1. The molecule has 9 rings (SSSR count). The summed E-state index contributed by atoms with van der Waals surface area (Å²) in [7, 11) is 1.42. The first-order valence-electron chi connectivity index (χ1n) is 28.1. The van der Waals surface area contributed by atoms with E-state index in [9.17, 15) is 52.9 Å². The number of aromatic nitrogens is 7. The first-order valence-corrected chi connectivity index (χ1v) is 33.3. The lowest BCUT2D eigenvalue weighted by atomic mass is 9.92. The van der Waals surface area contributed by atoms with Gasteiger partial charge in [0, 0.05) is 62.3 Å². The predicted molar refractivity (Wildman–Crippen MR) is 315 cm³/mol. The number of likely N-dealkylation sites (N-methyl/N-ethyl adjacent to an activating group) is 1. The van der Waals surface area contributed by atoms with Crippen molar-refractivity contribution in [3.05, 3.63) is 83.3 Å². The molecule has 6 N–H and O–H groups in total. The normalized spacial score (nSPS) is 26.1. The summed E-state index contributed by atoms with van der Waals surface area (Å²) in [6.07, 6.45) is -3.49. The molecule has 12 atom stereocenters. The van der Waals surface area contributed by atoms with E-state index < -0.39 is 122 Å². The van der Waals surface area contributed by atoms with Gasteiger partial charge in [0.25, 0.3) is 17.4 Å². The Morgan fingerprint density at radius 3 is 2.42 bits per heavy atom. The van der Waals surface area contributed by atoms with Gasteiger partial charge in [0.05, 0.1) is 44.5 Å². The minimum Gasteiger partial charge on any atom is -0.447 e. The molecule has 3 fully saturated rings. The van der Waals surface area contributed by atoms with Crippen LogP contribution in [0.1, 0.15) is 77.1 Å². The summed E-state index contributed by atoms with van der Waals surface area (Å²) in [6, 6.07) is 4.46. The highest BCUT2D eigenvalue weighted by atomic mass is 32.7. The van der Waals surface area contributed by atoms with Crippen molar-refractivity contribution in [2.45, 2.75) is 115 Å². The van der Waals surface area contributed by atoms with Gasteiger partial charge in [-0.1, -0.05) is 51.6 Å². The number of ketones is 1. The van der Waals surface area contributed by atoms with E-state index >= 15 is 8.78 Å². The summed E-state index contributed by atoms with van der Waals surface area (Å²) in [4.78, 5) is 134. The number of hydrogen-bond donors (Lipinski definition) is 7. The number of fused-ring (bicyclic) bond motifs is 5. The molecule has 4 aromatic heterocycles. The minimum absolute atomic E-state index is 0.00292. The van der Waals surface area contributed by atoms with Crippen LogP contribution in [0.2, 0.25) is 0 Å². The number of aliphatic hydroxyl groups excluding tert-OH is 1. The third-order valence-electron chi connectivity index (χ3n) is 15.2. The fourth-order valence-corrected chi connectivity index (χ4v) is 13.4. The van der Waals surface area contributed by atoms with Crippen LogP contribution < -0.4 is 21.5 Å². The van der Waals surface area contributed by atoms with E-state index in [1.807, 2.05) is 0 Å². The average Bonchev–Trinajstić information content (AvgIpc) is 1.67. The smallest absolute Gasteiger partial charge is 0.412 e. The van der Waals surface area contributed by atoms with Gasteiger partial charge < -0.3 is 58.4 Å². The summed E-state index contributed by atoms with van der Waals surface area (Å²) in [5, 5.41) is 18.9. The molecule has 1 aromatic carbocycles. The molecule has 36 heteroatoms. The molecule has 1 aliphatic carbocycles. The van der Waals surface area contributed by atoms with Gasteiger partial charge >= 0.3 is 25.7 Å². The fourth-order valence-electron chi connectivity index (χ4n) is 10.5. The van der Waals surface area contributed by atoms with Crippen molar-refractivity contribution in [1.29, 1.82) is 0 Å². The molecular weight excluding hydrogens is 1260 g/mol. The molecule has 30 nitrogen and oxygen atoms in total. The maximum atomic E-state index is 16.8. The van der Waals surface area contributed by atoms with Crippen LogP contribution in [-0.2, 0) is 79.3 Å². The summed E-state index contributed by atoms with van der Waals surface area (Å²) in [5.41, 5.74) is 0.00130. The number of H-pyrrole nitrogens is 1. The van der Waals surface area contributed by atoms with E-state index in [1.165, 1.54) is 30.1 Å². The topological polar surface area (TPSA) is 378 Å². The van der Waals surface area contributed by atoms with Gasteiger partial charge in [-0.2, -0.15) is 0 Å². The van der Waals surface area contributed by atoms with Gasteiger partial charge in [-0.15, -0.1) is 0 Å². The maximum Gasteiger partial charge on any atom is 0.412 e. The third-order valence-corrected chi connectivity index (χ3v) is 18.3. The molecule has 89 heavy (non-hydrogen) atoms. The number of unbranched alkanes of at least 4 members (excludes halogenated alkanes) is 2. The number of amides is 6. The molecule has 0 radical (unpaired) electrons. The number of nitrogens with one attached hydrogen (secondary N) is 4. The van der Waals surface area contributed by atoms with Gasteiger partial charge in [-0.25, -0.2) is 42.9 Å². The molecule has 1 saturated carbocycles. The number of alkyl halides is 1. The van der Waals surface area contributed by atoms with Crippen LogP contribution in [0.3, 0.4) is 0 Å². The monoisotopic (exact) mass is 1320 g/mol. The van der Waals surface area contributed by atoms with Crippen molar-refractivity contribution in [3.63, 3.8) is 0 Å². The molecule has 6 amide bonds. The molecule has 3 aliphatic heterocycles. The second-order valence-electron chi connectivity index (χ2n) is 21.8. The van der Waals surface area contributed by atoms with E-state index in [4.69, 9.17) is 44.1 Å². The van der Waals surface area contributed by atoms with Crippen LogP contribution in [0.15, 0.2) is 66.4 Å². The molecular formula is C53H64F2N12O18P2S2. The number of carbonyl (C=O) groups is 7. The number of anilines is 2. The molecule has 0 spiro atoms. The number of rotatable bonds is 21. The summed E-state index contributed by atoms with van der Waals surface area (Å²) >= 11 is 9.41. The highest BCUT2D eigenvalue weighted by Gasteiger charge is 2.53. The van der Waals surface area contributed by atoms with Crippen molar-refractivity contribution in [1.82, 2.24) is 49.2 Å². The van der Waals surface area contributed by atoms with Crippen molar-refractivity contribution in [2.24, 2.45) is 17.8 Å². The second kappa shape index (κ2) is 28.5. The Morgan fingerprint density at radius 1 is 0.944 bits per heavy atom. The molecule has 4 aliphatic rings. The zero-order valence-electron chi connectivity index (χ0n) is 48.1. The predicted octanol–water partition coefficient (Wildman–Crippen LogP) is 4.91. The first kappa shape index (κ1) is 66.4. The summed E-state index contributed by atoms with van der Waals surface area (Å²) < 4.78 is 87.4. The van der Waals surface area contributed by atoms with Crippen LogP contribution in [-0.4, -0.2) is 172 Å². The first-order chi connectivity index (χ1) is 42.3. The van der Waals surface area contributed by atoms with Crippen molar-refractivity contribution >= 4 is 113 Å².